The summed E-state index contributed by atoms with van der Waals surface area (Å²) in [4.78, 5) is 7.09. The molecule has 0 amide bonds. The summed E-state index contributed by atoms with van der Waals surface area (Å²) in [5.74, 6) is 1.89. The van der Waals surface area contributed by atoms with E-state index in [1.54, 1.807) is 11.3 Å². The van der Waals surface area contributed by atoms with Crippen LogP contribution in [-0.2, 0) is 6.54 Å². The third-order valence-electron chi connectivity index (χ3n) is 4.00. The molecule has 0 bridgehead atoms. The molecule has 4 rings (SSSR count). The smallest absolute Gasteiger partial charge is 0.163 e. The molecule has 0 unspecified atom stereocenters. The summed E-state index contributed by atoms with van der Waals surface area (Å²) in [6, 6.07) is 12.9. The number of thiazole rings is 1. The molecular weight excluding hydrogens is 330 g/mol. The van der Waals surface area contributed by atoms with Crippen LogP contribution in [0.1, 0.15) is 12.7 Å². The van der Waals surface area contributed by atoms with E-state index in [1.165, 1.54) is 4.70 Å². The maximum absolute atomic E-state index is 6.02. The van der Waals surface area contributed by atoms with E-state index in [1.807, 2.05) is 24.3 Å². The maximum atomic E-state index is 6.02. The van der Waals surface area contributed by atoms with Gasteiger partial charge in [0.25, 0.3) is 0 Å². The zero-order valence-corrected chi connectivity index (χ0v) is 14.6. The first-order valence-corrected chi connectivity index (χ1v) is 8.50. The van der Waals surface area contributed by atoms with Gasteiger partial charge < -0.3 is 9.73 Å². The van der Waals surface area contributed by atoms with Crippen molar-refractivity contribution in [2.24, 2.45) is 0 Å². The van der Waals surface area contributed by atoms with Gasteiger partial charge in [0.15, 0.2) is 10.8 Å². The van der Waals surface area contributed by atoms with Gasteiger partial charge in [-0.1, -0.05) is 12.1 Å². The Bertz CT molecular complexity index is 752. The average Bonchev–Trinajstić information content (AvgIpc) is 3.13. The predicted molar refractivity (Wildman–Crippen MR) is 97.3 cm³/mol. The lowest BCUT2D eigenvalue weighted by Crippen LogP contribution is -2.48. The number of furan rings is 1. The molecule has 6 heteroatoms. The second-order valence-electron chi connectivity index (χ2n) is 5.84. The zero-order valence-electron chi connectivity index (χ0n) is 13.0. The van der Waals surface area contributed by atoms with Gasteiger partial charge in [-0.2, -0.15) is 0 Å². The van der Waals surface area contributed by atoms with E-state index in [9.17, 15) is 0 Å². The normalized spacial score (nSPS) is 18.9. The minimum absolute atomic E-state index is 0. The Morgan fingerprint density at radius 2 is 2.17 bits per heavy atom. The highest BCUT2D eigenvalue weighted by Crippen LogP contribution is 2.31. The van der Waals surface area contributed by atoms with Crippen LogP contribution >= 0.6 is 23.7 Å². The molecule has 3 aromatic rings. The Morgan fingerprint density at radius 3 is 3.00 bits per heavy atom. The fourth-order valence-corrected chi connectivity index (χ4v) is 3.86. The van der Waals surface area contributed by atoms with Crippen molar-refractivity contribution in [3.63, 3.8) is 0 Å². The highest BCUT2D eigenvalue weighted by Gasteiger charge is 2.17. The number of para-hydroxylation sites is 1. The predicted octanol–water partition coefficient (Wildman–Crippen LogP) is 3.77. The summed E-state index contributed by atoms with van der Waals surface area (Å²) in [6.07, 6.45) is 0. The summed E-state index contributed by atoms with van der Waals surface area (Å²) in [5, 5.41) is 4.42. The summed E-state index contributed by atoms with van der Waals surface area (Å²) >= 11 is 1.68. The van der Waals surface area contributed by atoms with E-state index in [0.29, 0.717) is 6.04 Å². The average molecular weight is 350 g/mol. The van der Waals surface area contributed by atoms with Crippen molar-refractivity contribution < 1.29 is 4.42 Å². The Hall–Kier alpha value is -1.40. The van der Waals surface area contributed by atoms with Gasteiger partial charge in [0.05, 0.1) is 16.8 Å². The number of aromatic nitrogens is 1. The van der Waals surface area contributed by atoms with E-state index in [2.05, 4.69) is 34.3 Å². The van der Waals surface area contributed by atoms with Crippen LogP contribution in [0.2, 0.25) is 0 Å². The first-order chi connectivity index (χ1) is 10.8. The van der Waals surface area contributed by atoms with Gasteiger partial charge in [-0.15, -0.1) is 23.7 Å². The highest BCUT2D eigenvalue weighted by atomic mass is 35.5. The fourth-order valence-electron chi connectivity index (χ4n) is 2.93. The molecule has 1 aliphatic heterocycles. The van der Waals surface area contributed by atoms with Crippen LogP contribution in [0.5, 0.6) is 0 Å². The van der Waals surface area contributed by atoms with Gasteiger partial charge in [0.1, 0.15) is 5.76 Å². The summed E-state index contributed by atoms with van der Waals surface area (Å²) in [5.41, 5.74) is 1.04. The van der Waals surface area contributed by atoms with Crippen molar-refractivity contribution in [2.75, 3.05) is 19.6 Å². The van der Waals surface area contributed by atoms with Crippen molar-refractivity contribution in [2.45, 2.75) is 19.5 Å². The monoisotopic (exact) mass is 349 g/mol. The Labute approximate surface area is 145 Å². The van der Waals surface area contributed by atoms with Crippen LogP contribution < -0.4 is 5.32 Å². The quantitative estimate of drug-likeness (QED) is 0.781. The van der Waals surface area contributed by atoms with Gasteiger partial charge in [0, 0.05) is 25.7 Å². The minimum Gasteiger partial charge on any atom is -0.457 e. The lowest BCUT2D eigenvalue weighted by molar-refractivity contribution is 0.187. The van der Waals surface area contributed by atoms with Crippen LogP contribution in [-0.4, -0.2) is 35.6 Å². The first-order valence-electron chi connectivity index (χ1n) is 7.68. The zero-order chi connectivity index (χ0) is 14.9. The number of nitrogens with zero attached hydrogens (tertiary/aromatic N) is 2. The lowest BCUT2D eigenvalue weighted by Gasteiger charge is -2.31. The Balaban J connectivity index is 0.00000156. The van der Waals surface area contributed by atoms with Crippen LogP contribution in [0, 0.1) is 0 Å². The van der Waals surface area contributed by atoms with Crippen molar-refractivity contribution in [1.29, 1.82) is 0 Å². The molecule has 0 spiro atoms. The molecule has 1 fully saturated rings. The molecule has 3 heterocycles. The molecule has 0 saturated carbocycles. The molecule has 4 nitrogen and oxygen atoms in total. The van der Waals surface area contributed by atoms with Crippen LogP contribution in [0.15, 0.2) is 40.8 Å². The third kappa shape index (κ3) is 3.58. The standard InChI is InChI=1S/C17H19N3OS.ClH/c1-12-10-20(9-8-18-12)11-13-6-7-15(21-13)17-19-14-4-2-3-5-16(14)22-17;/h2-7,12,18H,8-11H2,1H3;1H/t12-;/m0./s1. The molecule has 1 N–H and O–H groups in total. The number of piperazine rings is 1. The maximum Gasteiger partial charge on any atom is 0.163 e. The lowest BCUT2D eigenvalue weighted by atomic mass is 10.2. The molecule has 1 atom stereocenters. The number of benzene rings is 1. The Morgan fingerprint density at radius 1 is 1.30 bits per heavy atom. The number of fused-ring (bicyclic) bond motifs is 1. The summed E-state index contributed by atoms with van der Waals surface area (Å²) in [7, 11) is 0. The summed E-state index contributed by atoms with van der Waals surface area (Å²) in [6.45, 7) is 6.28. The molecule has 0 radical (unpaired) electrons. The molecule has 122 valence electrons. The van der Waals surface area contributed by atoms with E-state index in [4.69, 9.17) is 4.42 Å². The second kappa shape index (κ2) is 7.01. The van der Waals surface area contributed by atoms with Crippen LogP contribution in [0.25, 0.3) is 21.0 Å². The minimum atomic E-state index is 0. The fraction of sp³-hybridized carbons (Fsp3) is 0.353. The first kappa shape index (κ1) is 16.5. The van der Waals surface area contributed by atoms with Gasteiger partial charge in [0.2, 0.25) is 0 Å². The number of hydrogen-bond acceptors (Lipinski definition) is 5. The van der Waals surface area contributed by atoms with Crippen molar-refractivity contribution in [1.82, 2.24) is 15.2 Å². The van der Waals surface area contributed by atoms with Gasteiger partial charge in [-0.3, -0.25) is 4.90 Å². The van der Waals surface area contributed by atoms with Crippen LogP contribution in [0.3, 0.4) is 0 Å². The van der Waals surface area contributed by atoms with Crippen molar-refractivity contribution >= 4 is 34.0 Å². The molecule has 1 saturated heterocycles. The summed E-state index contributed by atoms with van der Waals surface area (Å²) < 4.78 is 7.22. The van der Waals surface area contributed by atoms with Crippen LogP contribution in [0.4, 0.5) is 0 Å². The van der Waals surface area contributed by atoms with Gasteiger partial charge >= 0.3 is 0 Å². The number of rotatable bonds is 3. The molecule has 1 aromatic carbocycles. The SMILES string of the molecule is C[C@H]1CN(Cc2ccc(-c3nc4ccccc4s3)o2)CCN1.Cl. The topological polar surface area (TPSA) is 41.3 Å². The number of halogens is 1. The van der Waals surface area contributed by atoms with E-state index in [0.717, 1.165) is 48.2 Å². The number of hydrogen-bond donors (Lipinski definition) is 1. The molecule has 0 aliphatic carbocycles. The third-order valence-corrected chi connectivity index (χ3v) is 5.05. The van der Waals surface area contributed by atoms with E-state index in [-0.39, 0.29) is 12.4 Å². The largest absolute Gasteiger partial charge is 0.457 e. The molecule has 2 aromatic heterocycles. The molecular formula is C17H20ClN3OS. The van der Waals surface area contributed by atoms with Crippen molar-refractivity contribution in [3.05, 3.63) is 42.2 Å². The van der Waals surface area contributed by atoms with E-state index >= 15 is 0 Å². The molecule has 23 heavy (non-hydrogen) atoms. The molecule has 1 aliphatic rings. The number of nitrogens with one attached hydrogen (secondary N) is 1. The van der Waals surface area contributed by atoms with Gasteiger partial charge in [-0.25, -0.2) is 4.98 Å². The van der Waals surface area contributed by atoms with Gasteiger partial charge in [-0.05, 0) is 31.2 Å². The van der Waals surface area contributed by atoms with E-state index < -0.39 is 0 Å². The van der Waals surface area contributed by atoms with Crippen molar-refractivity contribution in [3.8, 4) is 10.8 Å². The second-order valence-corrected chi connectivity index (χ2v) is 6.87. The highest BCUT2D eigenvalue weighted by molar-refractivity contribution is 7.21. The Kier molecular flexibility index (Phi) is 5.02.